The molecule has 1 amide bonds. The van der Waals surface area contributed by atoms with E-state index >= 15 is 0 Å². The van der Waals surface area contributed by atoms with Crippen molar-refractivity contribution in [1.29, 1.82) is 0 Å². The number of nitrogens with one attached hydrogen (secondary N) is 1. The summed E-state index contributed by atoms with van der Waals surface area (Å²) >= 11 is 0. The lowest BCUT2D eigenvalue weighted by molar-refractivity contribution is 0.0932. The number of rotatable bonds is 5. The molecule has 5 heteroatoms. The first-order valence-corrected chi connectivity index (χ1v) is 7.58. The van der Waals surface area contributed by atoms with E-state index < -0.39 is 0 Å². The zero-order valence-electron chi connectivity index (χ0n) is 12.9. The van der Waals surface area contributed by atoms with Crippen LogP contribution in [0.3, 0.4) is 0 Å². The van der Waals surface area contributed by atoms with Crippen LogP contribution in [0.2, 0.25) is 0 Å². The Balaban J connectivity index is 1.89. The third kappa shape index (κ3) is 2.90. The van der Waals surface area contributed by atoms with E-state index in [1.165, 1.54) is 0 Å². The number of amides is 1. The number of fused-ring (bicyclic) bond motifs is 1. The molecule has 1 aliphatic rings. The smallest absolute Gasteiger partial charge is 0.253 e. The van der Waals surface area contributed by atoms with Gasteiger partial charge in [0.15, 0.2) is 0 Å². The normalized spacial score (nSPS) is 15.6. The highest BCUT2D eigenvalue weighted by Gasteiger charge is 2.31. The van der Waals surface area contributed by atoms with Crippen molar-refractivity contribution in [1.82, 2.24) is 10.3 Å². The minimum Gasteiger partial charge on any atom is -0.497 e. The lowest BCUT2D eigenvalue weighted by Gasteiger charge is -2.17. The number of methoxy groups -OCH3 is 1. The molecule has 1 heterocycles. The molecule has 0 radical (unpaired) electrons. The van der Waals surface area contributed by atoms with Crippen molar-refractivity contribution in [2.45, 2.75) is 25.8 Å². The zero-order valence-corrected chi connectivity index (χ0v) is 12.9. The third-order valence-corrected chi connectivity index (χ3v) is 4.22. The molecule has 0 bridgehead atoms. The van der Waals surface area contributed by atoms with E-state index in [1.807, 2.05) is 31.2 Å². The van der Waals surface area contributed by atoms with E-state index in [-0.39, 0.29) is 11.9 Å². The number of aryl methyl sites for hydroxylation is 1. The van der Waals surface area contributed by atoms with E-state index in [0.29, 0.717) is 23.7 Å². The van der Waals surface area contributed by atoms with Gasteiger partial charge in [0.1, 0.15) is 5.75 Å². The molecule has 3 rings (SSSR count). The molecule has 1 aromatic carbocycles. The zero-order chi connectivity index (χ0) is 15.7. The molecule has 1 saturated carbocycles. The fraction of sp³-hybridized carbons (Fsp3) is 0.412. The Hall–Kier alpha value is -2.14. The van der Waals surface area contributed by atoms with Crippen LogP contribution >= 0.6 is 0 Å². The fourth-order valence-corrected chi connectivity index (χ4v) is 2.71. The summed E-state index contributed by atoms with van der Waals surface area (Å²) in [5, 5.41) is 3.97. The highest BCUT2D eigenvalue weighted by Crippen LogP contribution is 2.32. The first-order valence-electron chi connectivity index (χ1n) is 7.58. The van der Waals surface area contributed by atoms with Crippen LogP contribution < -0.4 is 15.8 Å². The van der Waals surface area contributed by atoms with E-state index in [4.69, 9.17) is 10.5 Å². The average Bonchev–Trinajstić information content (AvgIpc) is 3.35. The lowest BCUT2D eigenvalue weighted by Crippen LogP contribution is -2.42. The van der Waals surface area contributed by atoms with E-state index in [1.54, 1.807) is 7.11 Å². The second-order valence-corrected chi connectivity index (χ2v) is 5.83. The van der Waals surface area contributed by atoms with Crippen LogP contribution in [0.15, 0.2) is 24.3 Å². The molecule has 1 unspecified atom stereocenters. The maximum Gasteiger partial charge on any atom is 0.253 e. The van der Waals surface area contributed by atoms with Gasteiger partial charge in [-0.05, 0) is 43.9 Å². The minimum absolute atomic E-state index is 0.0680. The molecule has 1 aromatic heterocycles. The van der Waals surface area contributed by atoms with Gasteiger partial charge in [-0.2, -0.15) is 0 Å². The van der Waals surface area contributed by atoms with Gasteiger partial charge in [0.05, 0.1) is 23.9 Å². The summed E-state index contributed by atoms with van der Waals surface area (Å²) in [4.78, 5) is 17.0. The van der Waals surface area contributed by atoms with Gasteiger partial charge in [0.2, 0.25) is 0 Å². The van der Waals surface area contributed by atoms with Crippen molar-refractivity contribution < 1.29 is 9.53 Å². The SMILES string of the molecule is COc1ccc2cc(C(=O)NC(CN)C3CC3)c(C)nc2c1. The monoisotopic (exact) mass is 299 g/mol. The van der Waals surface area contributed by atoms with Crippen LogP contribution in [0.25, 0.3) is 10.9 Å². The summed E-state index contributed by atoms with van der Waals surface area (Å²) in [5.41, 5.74) is 7.90. The first kappa shape index (κ1) is 14.8. The average molecular weight is 299 g/mol. The quantitative estimate of drug-likeness (QED) is 0.885. The van der Waals surface area contributed by atoms with Crippen molar-refractivity contribution in [3.63, 3.8) is 0 Å². The molecule has 116 valence electrons. The second-order valence-electron chi connectivity index (χ2n) is 5.83. The third-order valence-electron chi connectivity index (χ3n) is 4.22. The van der Waals surface area contributed by atoms with Gasteiger partial charge in [-0.3, -0.25) is 9.78 Å². The van der Waals surface area contributed by atoms with Crippen molar-refractivity contribution in [3.8, 4) is 5.75 Å². The van der Waals surface area contributed by atoms with Gasteiger partial charge in [-0.1, -0.05) is 0 Å². The molecule has 2 aromatic rings. The summed E-state index contributed by atoms with van der Waals surface area (Å²) in [7, 11) is 1.63. The van der Waals surface area contributed by atoms with Gasteiger partial charge in [0.25, 0.3) is 5.91 Å². The number of aromatic nitrogens is 1. The Morgan fingerprint density at radius 2 is 2.23 bits per heavy atom. The lowest BCUT2D eigenvalue weighted by atomic mass is 10.1. The minimum atomic E-state index is -0.0925. The second kappa shape index (κ2) is 5.93. The summed E-state index contributed by atoms with van der Waals surface area (Å²) < 4.78 is 5.21. The molecule has 3 N–H and O–H groups in total. The Morgan fingerprint density at radius 1 is 1.45 bits per heavy atom. The predicted molar refractivity (Wildman–Crippen MR) is 86.1 cm³/mol. The van der Waals surface area contributed by atoms with Crippen molar-refractivity contribution >= 4 is 16.8 Å². The van der Waals surface area contributed by atoms with Crippen LogP contribution in [0.4, 0.5) is 0 Å². The van der Waals surface area contributed by atoms with Crippen LogP contribution in [-0.4, -0.2) is 30.6 Å². The number of benzene rings is 1. The van der Waals surface area contributed by atoms with Crippen LogP contribution in [-0.2, 0) is 0 Å². The Labute approximate surface area is 129 Å². The summed E-state index contributed by atoms with van der Waals surface area (Å²) in [6.45, 7) is 2.33. The molecule has 1 atom stereocenters. The van der Waals surface area contributed by atoms with Gasteiger partial charge in [-0.15, -0.1) is 0 Å². The van der Waals surface area contributed by atoms with E-state index in [9.17, 15) is 4.79 Å². The number of nitrogens with two attached hydrogens (primary N) is 1. The standard InChI is InChI=1S/C17H21N3O2/c1-10-14(17(21)20-16(9-18)11-3-4-11)7-12-5-6-13(22-2)8-15(12)19-10/h5-8,11,16H,3-4,9,18H2,1-2H3,(H,20,21). The van der Waals surface area contributed by atoms with E-state index in [2.05, 4.69) is 10.3 Å². The number of carbonyl (C=O) groups excluding carboxylic acids is 1. The Kier molecular flexibility index (Phi) is 3.98. The predicted octanol–water partition coefficient (Wildman–Crippen LogP) is 2.02. The maximum atomic E-state index is 12.5. The Morgan fingerprint density at radius 3 is 2.86 bits per heavy atom. The highest BCUT2D eigenvalue weighted by atomic mass is 16.5. The number of pyridine rings is 1. The van der Waals surface area contributed by atoms with Gasteiger partial charge < -0.3 is 15.8 Å². The molecule has 22 heavy (non-hydrogen) atoms. The first-order chi connectivity index (χ1) is 10.6. The van der Waals surface area contributed by atoms with Crippen molar-refractivity contribution in [2.75, 3.05) is 13.7 Å². The van der Waals surface area contributed by atoms with Gasteiger partial charge in [-0.25, -0.2) is 0 Å². The number of hydrogen-bond acceptors (Lipinski definition) is 4. The molecule has 0 aliphatic heterocycles. The van der Waals surface area contributed by atoms with Crippen molar-refractivity contribution in [2.24, 2.45) is 11.7 Å². The van der Waals surface area contributed by atoms with Gasteiger partial charge >= 0.3 is 0 Å². The summed E-state index contributed by atoms with van der Waals surface area (Å²) in [6, 6.07) is 7.61. The number of carbonyl (C=O) groups is 1. The molecule has 1 aliphatic carbocycles. The van der Waals surface area contributed by atoms with Crippen LogP contribution in [0.5, 0.6) is 5.75 Å². The number of nitrogens with zero attached hydrogens (tertiary/aromatic N) is 1. The fourth-order valence-electron chi connectivity index (χ4n) is 2.71. The molecular weight excluding hydrogens is 278 g/mol. The topological polar surface area (TPSA) is 77.2 Å². The number of hydrogen-bond donors (Lipinski definition) is 2. The number of ether oxygens (including phenoxy) is 1. The van der Waals surface area contributed by atoms with Gasteiger partial charge in [0, 0.05) is 24.0 Å². The van der Waals surface area contributed by atoms with Crippen molar-refractivity contribution in [3.05, 3.63) is 35.5 Å². The molecule has 0 saturated heterocycles. The highest BCUT2D eigenvalue weighted by molar-refractivity contribution is 5.99. The van der Waals surface area contributed by atoms with E-state index in [0.717, 1.165) is 29.5 Å². The Bertz CT molecular complexity index is 710. The maximum absolute atomic E-state index is 12.5. The van der Waals surface area contributed by atoms with Crippen LogP contribution in [0, 0.1) is 12.8 Å². The molecular formula is C17H21N3O2. The summed E-state index contributed by atoms with van der Waals surface area (Å²) in [6.07, 6.45) is 2.30. The largest absolute Gasteiger partial charge is 0.497 e. The van der Waals surface area contributed by atoms with Crippen LogP contribution in [0.1, 0.15) is 28.9 Å². The summed E-state index contributed by atoms with van der Waals surface area (Å²) in [5.74, 6) is 1.20. The molecule has 1 fully saturated rings. The molecule has 5 nitrogen and oxygen atoms in total. The molecule has 0 spiro atoms.